The van der Waals surface area contributed by atoms with Gasteiger partial charge in [-0.3, -0.25) is 0 Å². The van der Waals surface area contributed by atoms with Crippen LogP contribution in [0.4, 0.5) is 0 Å². The van der Waals surface area contributed by atoms with E-state index in [4.69, 9.17) is 16.4 Å². The van der Waals surface area contributed by atoms with Crippen molar-refractivity contribution in [2.45, 2.75) is 32.1 Å². The van der Waals surface area contributed by atoms with Crippen LogP contribution in [0.3, 0.4) is 0 Å². The molecule has 0 aromatic carbocycles. The number of rotatable bonds is 3. The molecule has 11 heavy (non-hydrogen) atoms. The van der Waals surface area contributed by atoms with Crippen molar-refractivity contribution in [1.82, 2.24) is 0 Å². The van der Waals surface area contributed by atoms with Crippen molar-refractivity contribution in [1.29, 1.82) is 0 Å². The molecule has 0 bridgehead atoms. The van der Waals surface area contributed by atoms with Gasteiger partial charge < -0.3 is 4.84 Å². The number of alkyl halides is 1. The van der Waals surface area contributed by atoms with Crippen molar-refractivity contribution in [2.75, 3.05) is 12.5 Å². The van der Waals surface area contributed by atoms with E-state index in [1.54, 1.807) is 0 Å². The molecule has 1 rings (SSSR count). The Morgan fingerprint density at radius 3 is 2.64 bits per heavy atom. The summed E-state index contributed by atoms with van der Waals surface area (Å²) in [5.74, 6) is 0.525. The fourth-order valence-corrected chi connectivity index (χ4v) is 1.29. The van der Waals surface area contributed by atoms with Crippen LogP contribution in [-0.2, 0) is 4.84 Å². The molecule has 1 aliphatic rings. The van der Waals surface area contributed by atoms with Crippen LogP contribution < -0.4 is 0 Å². The molecular weight excluding hydrogens is 162 g/mol. The summed E-state index contributed by atoms with van der Waals surface area (Å²) in [5, 5.41) is 4.01. The molecule has 0 aliphatic heterocycles. The molecule has 0 N–H and O–H groups in total. The largest absolute Gasteiger partial charge is 0.395 e. The normalized spacial score (nSPS) is 18.1. The summed E-state index contributed by atoms with van der Waals surface area (Å²) < 4.78 is 0. The van der Waals surface area contributed by atoms with Crippen LogP contribution in [0.2, 0.25) is 0 Å². The Morgan fingerprint density at radius 1 is 1.27 bits per heavy atom. The van der Waals surface area contributed by atoms with Crippen LogP contribution in [0.15, 0.2) is 5.16 Å². The molecule has 0 spiro atoms. The lowest BCUT2D eigenvalue weighted by Crippen LogP contribution is -2.05. The van der Waals surface area contributed by atoms with Crippen molar-refractivity contribution >= 4 is 17.3 Å². The van der Waals surface area contributed by atoms with Crippen molar-refractivity contribution in [3.05, 3.63) is 0 Å². The average Bonchev–Trinajstić information content (AvgIpc) is 2.07. The van der Waals surface area contributed by atoms with Crippen LogP contribution in [-0.4, -0.2) is 18.2 Å². The highest BCUT2D eigenvalue weighted by atomic mass is 35.5. The first-order valence-corrected chi connectivity index (χ1v) is 4.70. The zero-order valence-electron chi connectivity index (χ0n) is 6.68. The standard InChI is InChI=1S/C8H14ClNO/c9-6-7-11-10-8-4-2-1-3-5-8/h1-7H2. The molecule has 64 valence electrons. The Morgan fingerprint density at radius 2 is 2.00 bits per heavy atom. The maximum atomic E-state index is 5.42. The van der Waals surface area contributed by atoms with Crippen molar-refractivity contribution in [3.63, 3.8) is 0 Å². The Hall–Kier alpha value is -0.240. The van der Waals surface area contributed by atoms with Gasteiger partial charge in [0.2, 0.25) is 0 Å². The van der Waals surface area contributed by atoms with Gasteiger partial charge in [-0.2, -0.15) is 0 Å². The lowest BCUT2D eigenvalue weighted by atomic mass is 9.99. The lowest BCUT2D eigenvalue weighted by molar-refractivity contribution is 0.158. The Balaban J connectivity index is 2.15. The predicted octanol–water partition coefficient (Wildman–Crippen LogP) is 2.56. The summed E-state index contributed by atoms with van der Waals surface area (Å²) in [7, 11) is 0. The molecule has 0 amide bonds. The lowest BCUT2D eigenvalue weighted by Gasteiger charge is -2.10. The van der Waals surface area contributed by atoms with Crippen molar-refractivity contribution in [3.8, 4) is 0 Å². The molecule has 0 aromatic heterocycles. The second-order valence-electron chi connectivity index (χ2n) is 2.74. The molecule has 1 fully saturated rings. The molecule has 1 aliphatic carbocycles. The summed E-state index contributed by atoms with van der Waals surface area (Å²) in [4.78, 5) is 4.98. The quantitative estimate of drug-likeness (QED) is 0.367. The molecule has 0 heterocycles. The number of halogens is 1. The molecule has 0 atom stereocenters. The van der Waals surface area contributed by atoms with Crippen LogP contribution in [0, 0.1) is 0 Å². The Labute approximate surface area is 72.6 Å². The number of nitrogens with zero attached hydrogens (tertiary/aromatic N) is 1. The molecule has 0 radical (unpaired) electrons. The summed E-state index contributed by atoms with van der Waals surface area (Å²) in [6.45, 7) is 0.533. The minimum Gasteiger partial charge on any atom is -0.395 e. The number of hydrogen-bond donors (Lipinski definition) is 0. The monoisotopic (exact) mass is 175 g/mol. The van der Waals surface area contributed by atoms with Crippen LogP contribution in [0.1, 0.15) is 32.1 Å². The van der Waals surface area contributed by atoms with E-state index in [0.29, 0.717) is 12.5 Å². The zero-order chi connectivity index (χ0) is 7.94. The molecule has 3 heteroatoms. The third-order valence-electron chi connectivity index (χ3n) is 1.79. The van der Waals surface area contributed by atoms with Gasteiger partial charge in [-0.15, -0.1) is 11.6 Å². The minimum atomic E-state index is 0.525. The van der Waals surface area contributed by atoms with E-state index in [0.717, 1.165) is 12.8 Å². The number of oxime groups is 1. The topological polar surface area (TPSA) is 21.6 Å². The average molecular weight is 176 g/mol. The molecular formula is C8H14ClNO. The highest BCUT2D eigenvalue weighted by molar-refractivity contribution is 6.17. The van der Waals surface area contributed by atoms with E-state index in [9.17, 15) is 0 Å². The van der Waals surface area contributed by atoms with Crippen LogP contribution >= 0.6 is 11.6 Å². The summed E-state index contributed by atoms with van der Waals surface area (Å²) >= 11 is 5.42. The number of hydrogen-bond acceptors (Lipinski definition) is 2. The molecule has 0 saturated heterocycles. The first-order valence-electron chi connectivity index (χ1n) is 4.17. The van der Waals surface area contributed by atoms with Gasteiger partial charge in [-0.1, -0.05) is 11.6 Å². The van der Waals surface area contributed by atoms with Gasteiger partial charge in [0, 0.05) is 0 Å². The molecule has 0 aromatic rings. The summed E-state index contributed by atoms with van der Waals surface area (Å²) in [6.07, 6.45) is 6.10. The van der Waals surface area contributed by atoms with Gasteiger partial charge in [-0.05, 0) is 25.7 Å². The second kappa shape index (κ2) is 5.42. The van der Waals surface area contributed by atoms with E-state index in [1.165, 1.54) is 25.0 Å². The molecule has 0 unspecified atom stereocenters. The third-order valence-corrected chi connectivity index (χ3v) is 1.95. The zero-order valence-corrected chi connectivity index (χ0v) is 7.44. The summed E-state index contributed by atoms with van der Waals surface area (Å²) in [6, 6.07) is 0. The van der Waals surface area contributed by atoms with E-state index in [-0.39, 0.29) is 0 Å². The first-order chi connectivity index (χ1) is 5.43. The first kappa shape index (κ1) is 8.85. The third kappa shape index (κ3) is 3.61. The minimum absolute atomic E-state index is 0.525. The highest BCUT2D eigenvalue weighted by Gasteiger charge is 2.06. The fourth-order valence-electron chi connectivity index (χ4n) is 1.22. The van der Waals surface area contributed by atoms with Crippen molar-refractivity contribution < 1.29 is 4.84 Å². The van der Waals surface area contributed by atoms with E-state index in [2.05, 4.69) is 5.16 Å². The fraction of sp³-hybridized carbons (Fsp3) is 0.875. The maximum absolute atomic E-state index is 5.42. The van der Waals surface area contributed by atoms with Gasteiger partial charge in [0.25, 0.3) is 0 Å². The van der Waals surface area contributed by atoms with Crippen molar-refractivity contribution in [2.24, 2.45) is 5.16 Å². The molecule has 2 nitrogen and oxygen atoms in total. The second-order valence-corrected chi connectivity index (χ2v) is 3.12. The highest BCUT2D eigenvalue weighted by Crippen LogP contribution is 2.14. The van der Waals surface area contributed by atoms with Gasteiger partial charge >= 0.3 is 0 Å². The van der Waals surface area contributed by atoms with Gasteiger partial charge in [0.1, 0.15) is 6.61 Å². The van der Waals surface area contributed by atoms with Crippen LogP contribution in [0.25, 0.3) is 0 Å². The molecule has 1 saturated carbocycles. The summed E-state index contributed by atoms with van der Waals surface area (Å²) in [5.41, 5.74) is 1.21. The van der Waals surface area contributed by atoms with Crippen LogP contribution in [0.5, 0.6) is 0 Å². The van der Waals surface area contributed by atoms with Gasteiger partial charge in [-0.25, -0.2) is 0 Å². The Kier molecular flexibility index (Phi) is 4.36. The van der Waals surface area contributed by atoms with E-state index in [1.807, 2.05) is 0 Å². The smallest absolute Gasteiger partial charge is 0.130 e. The van der Waals surface area contributed by atoms with E-state index >= 15 is 0 Å². The van der Waals surface area contributed by atoms with Gasteiger partial charge in [0.05, 0.1) is 11.6 Å². The van der Waals surface area contributed by atoms with Gasteiger partial charge in [0.15, 0.2) is 0 Å². The van der Waals surface area contributed by atoms with E-state index < -0.39 is 0 Å². The maximum Gasteiger partial charge on any atom is 0.130 e. The SMILES string of the molecule is ClCCON=C1CCCCC1. The Bertz CT molecular complexity index is 128. The predicted molar refractivity (Wildman–Crippen MR) is 47.2 cm³/mol.